The summed E-state index contributed by atoms with van der Waals surface area (Å²) in [4.78, 5) is 28.9. The number of anilines is 1. The molecule has 5 rings (SSSR count). The van der Waals surface area contributed by atoms with Gasteiger partial charge in [-0.1, -0.05) is 71.6 Å². The molecule has 3 heterocycles. The maximum atomic E-state index is 13.6. The normalized spacial score (nSPS) is 14.9. The van der Waals surface area contributed by atoms with Gasteiger partial charge in [-0.2, -0.15) is 0 Å². The van der Waals surface area contributed by atoms with Gasteiger partial charge in [0.05, 0.1) is 23.1 Å². The molecule has 1 aliphatic heterocycles. The highest BCUT2D eigenvalue weighted by molar-refractivity contribution is 8.00. The van der Waals surface area contributed by atoms with Crippen LogP contribution in [-0.2, 0) is 10.5 Å². The van der Waals surface area contributed by atoms with Crippen LogP contribution in [0.3, 0.4) is 0 Å². The Labute approximate surface area is 253 Å². The second kappa shape index (κ2) is 12.9. The zero-order chi connectivity index (χ0) is 28.9. The zero-order valence-electron chi connectivity index (χ0n) is 21.8. The summed E-state index contributed by atoms with van der Waals surface area (Å²) in [6.07, 6.45) is 1.62. The summed E-state index contributed by atoms with van der Waals surface area (Å²) in [6, 6.07) is 15.1. The predicted octanol–water partition coefficient (Wildman–Crippen LogP) is 7.29. The first kappa shape index (κ1) is 28.9. The van der Waals surface area contributed by atoms with E-state index in [9.17, 15) is 14.7 Å². The minimum atomic E-state index is -0.966. The Kier molecular flexibility index (Phi) is 9.09. The number of rotatable bonds is 12. The average Bonchev–Trinajstić information content (AvgIpc) is 3.73. The molecular weight excluding hydrogens is 602 g/mol. The van der Waals surface area contributed by atoms with Crippen LogP contribution in [0.25, 0.3) is 0 Å². The number of Topliss-reactive ketones (excluding diaryl/α,β-unsaturated/α-hetero) is 1. The lowest BCUT2D eigenvalue weighted by Crippen LogP contribution is -2.31. The van der Waals surface area contributed by atoms with Crippen molar-refractivity contribution >= 4 is 62.9 Å². The van der Waals surface area contributed by atoms with Gasteiger partial charge >= 0.3 is 0 Å². The molecule has 2 aromatic heterocycles. The molecule has 1 atom stereocenters. The van der Waals surface area contributed by atoms with E-state index in [4.69, 9.17) is 21.1 Å². The highest BCUT2D eigenvalue weighted by Crippen LogP contribution is 2.45. The van der Waals surface area contributed by atoms with Gasteiger partial charge in [0.15, 0.2) is 21.6 Å². The summed E-state index contributed by atoms with van der Waals surface area (Å²) >= 11 is 9.88. The molecule has 0 spiro atoms. The maximum absolute atomic E-state index is 13.6. The van der Waals surface area contributed by atoms with Crippen LogP contribution in [0.15, 0.2) is 88.3 Å². The highest BCUT2D eigenvalue weighted by Gasteiger charge is 2.46. The van der Waals surface area contributed by atoms with E-state index in [1.54, 1.807) is 41.8 Å². The van der Waals surface area contributed by atoms with Gasteiger partial charge in [-0.05, 0) is 53.8 Å². The predicted molar refractivity (Wildman–Crippen MR) is 163 cm³/mol. The number of aliphatic hydroxyl groups is 1. The van der Waals surface area contributed by atoms with E-state index in [1.807, 2.05) is 31.2 Å². The number of halogens is 1. The number of ketones is 1. The number of hydrogen-bond acceptors (Lipinski definition) is 10. The number of hydrogen-bond donors (Lipinski definition) is 1. The molecule has 0 saturated carbocycles. The smallest absolute Gasteiger partial charge is 0.296 e. The van der Waals surface area contributed by atoms with Crippen LogP contribution in [0.4, 0.5) is 5.13 Å². The molecule has 1 unspecified atom stereocenters. The Morgan fingerprint density at radius 2 is 1.98 bits per heavy atom. The molecule has 210 valence electrons. The van der Waals surface area contributed by atoms with Gasteiger partial charge in [-0.25, -0.2) is 0 Å². The number of ether oxygens (including phenoxy) is 2. The van der Waals surface area contributed by atoms with Crippen molar-refractivity contribution in [1.82, 2.24) is 10.2 Å². The van der Waals surface area contributed by atoms with Crippen LogP contribution in [0.2, 0.25) is 5.02 Å². The monoisotopic (exact) mass is 625 g/mol. The first-order valence-electron chi connectivity index (χ1n) is 12.5. The van der Waals surface area contributed by atoms with Crippen LogP contribution in [0.1, 0.15) is 33.8 Å². The quantitative estimate of drug-likeness (QED) is 0.0758. The van der Waals surface area contributed by atoms with E-state index in [2.05, 4.69) is 16.8 Å². The summed E-state index contributed by atoms with van der Waals surface area (Å²) in [5.74, 6) is -0.245. The van der Waals surface area contributed by atoms with Crippen LogP contribution < -0.4 is 14.4 Å². The van der Waals surface area contributed by atoms with Gasteiger partial charge in [0.2, 0.25) is 10.9 Å². The number of nitrogens with zero attached hydrogens (tertiary/aromatic N) is 3. The third-order valence-electron chi connectivity index (χ3n) is 6.02. The standard InChI is InChI=1S/C29H24ClN3O5S3/c1-3-13-38-20-12-9-18(15-21(20)37-4-2)24-23(25(34)22-6-5-14-39-22)26(35)27(36)33(24)28-31-32-29(41-28)40-16-17-7-10-19(30)11-8-17/h3,5-12,14-15,24,35H,1,4,13,16H2,2H3. The topological polar surface area (TPSA) is 102 Å². The molecule has 12 heteroatoms. The number of carbonyl (C=O) groups excluding carboxylic acids is 2. The first-order valence-corrected chi connectivity index (χ1v) is 15.5. The van der Waals surface area contributed by atoms with Crippen LogP contribution >= 0.6 is 46.0 Å². The maximum Gasteiger partial charge on any atom is 0.296 e. The van der Waals surface area contributed by atoms with Crippen molar-refractivity contribution in [2.45, 2.75) is 23.1 Å². The summed E-state index contributed by atoms with van der Waals surface area (Å²) in [5, 5.41) is 22.3. The fourth-order valence-electron chi connectivity index (χ4n) is 4.21. The van der Waals surface area contributed by atoms with Crippen molar-refractivity contribution in [3.63, 3.8) is 0 Å². The molecular formula is C29H24ClN3O5S3. The molecule has 0 saturated heterocycles. The summed E-state index contributed by atoms with van der Waals surface area (Å²) in [7, 11) is 0. The highest BCUT2D eigenvalue weighted by atomic mass is 35.5. The second-order valence-electron chi connectivity index (χ2n) is 8.65. The molecule has 2 aromatic carbocycles. The fraction of sp³-hybridized carbons (Fsp3) is 0.172. The third kappa shape index (κ3) is 6.18. The molecule has 41 heavy (non-hydrogen) atoms. The summed E-state index contributed by atoms with van der Waals surface area (Å²) in [5.41, 5.74) is 1.56. The molecule has 1 amide bonds. The van der Waals surface area contributed by atoms with Crippen LogP contribution in [-0.4, -0.2) is 40.2 Å². The number of carbonyl (C=O) groups is 2. The Hall–Kier alpha value is -3.64. The number of thiophene rings is 1. The lowest BCUT2D eigenvalue weighted by Gasteiger charge is -2.25. The van der Waals surface area contributed by atoms with Crippen LogP contribution in [0, 0.1) is 0 Å². The summed E-state index contributed by atoms with van der Waals surface area (Å²) in [6.45, 7) is 6.17. The van der Waals surface area contributed by atoms with Gasteiger partial charge in [0.25, 0.3) is 5.91 Å². The Morgan fingerprint density at radius 1 is 1.17 bits per heavy atom. The van der Waals surface area contributed by atoms with E-state index in [0.29, 0.717) is 43.7 Å². The molecule has 0 bridgehead atoms. The molecule has 4 aromatic rings. The van der Waals surface area contributed by atoms with Crippen molar-refractivity contribution in [1.29, 1.82) is 0 Å². The van der Waals surface area contributed by atoms with Gasteiger partial charge < -0.3 is 14.6 Å². The molecule has 0 fully saturated rings. The third-order valence-corrected chi connectivity index (χ3v) is 9.26. The van der Waals surface area contributed by atoms with Gasteiger partial charge in [-0.15, -0.1) is 21.5 Å². The first-order chi connectivity index (χ1) is 19.9. The molecule has 1 N–H and O–H groups in total. The Bertz CT molecular complexity index is 1600. The van der Waals surface area contributed by atoms with E-state index in [0.717, 1.165) is 5.56 Å². The second-order valence-corrected chi connectivity index (χ2v) is 12.2. The van der Waals surface area contributed by atoms with Gasteiger partial charge in [0.1, 0.15) is 6.61 Å². The average molecular weight is 626 g/mol. The summed E-state index contributed by atoms with van der Waals surface area (Å²) < 4.78 is 12.2. The minimum Gasteiger partial charge on any atom is -0.503 e. The lowest BCUT2D eigenvalue weighted by molar-refractivity contribution is -0.117. The SMILES string of the molecule is C=CCOc1ccc(C2C(C(=O)c3cccs3)=C(O)C(=O)N2c2nnc(SCc3ccc(Cl)cc3)s2)cc1OCC. The van der Waals surface area contributed by atoms with E-state index in [1.165, 1.54) is 39.3 Å². The molecule has 8 nitrogen and oxygen atoms in total. The van der Waals surface area contributed by atoms with Gasteiger partial charge in [-0.3, -0.25) is 14.5 Å². The van der Waals surface area contributed by atoms with Crippen LogP contribution in [0.5, 0.6) is 11.5 Å². The number of amides is 1. The molecule has 1 aliphatic rings. The van der Waals surface area contributed by atoms with E-state index < -0.39 is 23.5 Å². The van der Waals surface area contributed by atoms with E-state index in [-0.39, 0.29) is 17.3 Å². The Morgan fingerprint density at radius 3 is 2.68 bits per heavy atom. The van der Waals surface area contributed by atoms with Crippen molar-refractivity contribution < 1.29 is 24.2 Å². The minimum absolute atomic E-state index is 0.0368. The lowest BCUT2D eigenvalue weighted by atomic mass is 9.95. The van der Waals surface area contributed by atoms with Crippen molar-refractivity contribution in [3.8, 4) is 11.5 Å². The van der Waals surface area contributed by atoms with E-state index >= 15 is 0 Å². The largest absolute Gasteiger partial charge is 0.503 e. The zero-order valence-corrected chi connectivity index (χ0v) is 25.0. The van der Waals surface area contributed by atoms with Crippen molar-refractivity contribution in [2.24, 2.45) is 0 Å². The van der Waals surface area contributed by atoms with Crippen molar-refractivity contribution in [3.05, 3.63) is 105 Å². The molecule has 0 radical (unpaired) electrons. The number of aliphatic hydroxyl groups excluding tert-OH is 1. The van der Waals surface area contributed by atoms with Crippen molar-refractivity contribution in [2.75, 3.05) is 18.1 Å². The van der Waals surface area contributed by atoms with Gasteiger partial charge in [0, 0.05) is 10.8 Å². The fourth-order valence-corrected chi connectivity index (χ4v) is 6.83. The number of thioether (sulfide) groups is 1. The number of benzene rings is 2. The number of aromatic nitrogens is 2. The Balaban J connectivity index is 1.52. The molecule has 0 aliphatic carbocycles.